The predicted octanol–water partition coefficient (Wildman–Crippen LogP) is 3.28. The van der Waals surface area contributed by atoms with Crippen molar-refractivity contribution >= 4 is 34.9 Å². The van der Waals surface area contributed by atoms with E-state index in [-0.39, 0.29) is 12.5 Å². The lowest BCUT2D eigenvalue weighted by Gasteiger charge is -2.35. The molecule has 1 aliphatic heterocycles. The van der Waals surface area contributed by atoms with Gasteiger partial charge in [0.25, 0.3) is 5.91 Å². The number of nitrogens with one attached hydrogen (secondary N) is 1. The highest BCUT2D eigenvalue weighted by molar-refractivity contribution is 6.30. The molecule has 28 heavy (non-hydrogen) atoms. The normalized spacial score (nSPS) is 14.6. The number of hydrogen-bond donors (Lipinski definition) is 1. The van der Waals surface area contributed by atoms with Gasteiger partial charge in [-0.05, 0) is 55.1 Å². The van der Waals surface area contributed by atoms with E-state index in [4.69, 9.17) is 16.3 Å². The number of carbonyl (C=O) groups is 2. The molecule has 6 nitrogen and oxygen atoms in total. The number of benzene rings is 2. The van der Waals surface area contributed by atoms with Crippen molar-refractivity contribution in [2.24, 2.45) is 0 Å². The number of rotatable bonds is 6. The number of likely N-dealkylation sites (N-methyl/N-ethyl adjacent to an activating group) is 1. The van der Waals surface area contributed by atoms with Crippen LogP contribution in [0.5, 0.6) is 0 Å². The number of hydrogen-bond acceptors (Lipinski definition) is 5. The fraction of sp³-hybridized carbons (Fsp3) is 0.333. The average molecular weight is 402 g/mol. The first-order valence-corrected chi connectivity index (χ1v) is 9.73. The number of anilines is 2. The molecule has 0 saturated carbocycles. The summed E-state index contributed by atoms with van der Waals surface area (Å²) in [5.41, 5.74) is 2.16. The van der Waals surface area contributed by atoms with Crippen molar-refractivity contribution in [2.45, 2.75) is 6.92 Å². The Morgan fingerprint density at radius 3 is 2.25 bits per heavy atom. The van der Waals surface area contributed by atoms with E-state index >= 15 is 0 Å². The molecule has 0 radical (unpaired) electrons. The van der Waals surface area contributed by atoms with Crippen molar-refractivity contribution in [3.05, 3.63) is 59.1 Å². The van der Waals surface area contributed by atoms with Crippen LogP contribution in [0, 0.1) is 0 Å². The molecule has 3 rings (SSSR count). The Bertz CT molecular complexity index is 801. The Morgan fingerprint density at radius 1 is 1.00 bits per heavy atom. The summed E-state index contributed by atoms with van der Waals surface area (Å²) in [7, 11) is 0. The second-order valence-corrected chi connectivity index (χ2v) is 7.04. The number of carbonyl (C=O) groups excluding carboxylic acids is 2. The van der Waals surface area contributed by atoms with Crippen LogP contribution in [0.4, 0.5) is 11.4 Å². The molecule has 0 aliphatic carbocycles. The molecule has 148 valence electrons. The van der Waals surface area contributed by atoms with E-state index in [0.29, 0.717) is 16.3 Å². The molecule has 1 amide bonds. The molecule has 0 unspecified atom stereocenters. The zero-order valence-electron chi connectivity index (χ0n) is 15.9. The monoisotopic (exact) mass is 401 g/mol. The minimum Gasteiger partial charge on any atom is -0.452 e. The molecular formula is C21H24ClN3O3. The van der Waals surface area contributed by atoms with E-state index in [1.807, 2.05) is 24.3 Å². The molecule has 1 aliphatic rings. The molecule has 0 bridgehead atoms. The Morgan fingerprint density at radius 2 is 1.64 bits per heavy atom. The van der Waals surface area contributed by atoms with Gasteiger partial charge in [0.2, 0.25) is 0 Å². The first-order valence-electron chi connectivity index (χ1n) is 9.35. The lowest BCUT2D eigenvalue weighted by atomic mass is 10.2. The fourth-order valence-electron chi connectivity index (χ4n) is 3.08. The number of ether oxygens (including phenoxy) is 1. The van der Waals surface area contributed by atoms with Gasteiger partial charge in [-0.15, -0.1) is 0 Å². The Balaban J connectivity index is 1.46. The molecule has 1 N–H and O–H groups in total. The summed E-state index contributed by atoms with van der Waals surface area (Å²) in [6, 6.07) is 14.0. The van der Waals surface area contributed by atoms with Crippen LogP contribution < -0.4 is 10.2 Å². The van der Waals surface area contributed by atoms with E-state index in [9.17, 15) is 9.59 Å². The lowest BCUT2D eigenvalue weighted by Crippen LogP contribution is -2.46. The van der Waals surface area contributed by atoms with Crippen LogP contribution in [0.3, 0.4) is 0 Å². The second kappa shape index (κ2) is 9.57. The standard InChI is InChI=1S/C21H24ClN3O3/c1-2-24-11-13-25(14-12-24)19-9-7-18(8-10-19)23-20(26)15-28-21(27)16-3-5-17(22)6-4-16/h3-10H,2,11-15H2,1H3,(H,23,26). The van der Waals surface area contributed by atoms with E-state index < -0.39 is 5.97 Å². The molecule has 1 saturated heterocycles. The maximum Gasteiger partial charge on any atom is 0.338 e. The molecule has 0 spiro atoms. The highest BCUT2D eigenvalue weighted by Gasteiger charge is 2.16. The molecule has 0 atom stereocenters. The van der Waals surface area contributed by atoms with Crippen molar-refractivity contribution in [3.63, 3.8) is 0 Å². The average Bonchev–Trinajstić information content (AvgIpc) is 2.73. The zero-order valence-corrected chi connectivity index (χ0v) is 16.6. The number of esters is 1. The van der Waals surface area contributed by atoms with Crippen LogP contribution >= 0.6 is 11.6 Å². The van der Waals surface area contributed by atoms with Gasteiger partial charge in [-0.25, -0.2) is 4.79 Å². The van der Waals surface area contributed by atoms with Crippen molar-refractivity contribution in [3.8, 4) is 0 Å². The van der Waals surface area contributed by atoms with E-state index in [2.05, 4.69) is 22.0 Å². The fourth-order valence-corrected chi connectivity index (χ4v) is 3.20. The van der Waals surface area contributed by atoms with Gasteiger partial charge in [0.15, 0.2) is 6.61 Å². The maximum atomic E-state index is 12.0. The van der Waals surface area contributed by atoms with Crippen LogP contribution in [0.2, 0.25) is 5.02 Å². The maximum absolute atomic E-state index is 12.0. The number of piperazine rings is 1. The van der Waals surface area contributed by atoms with Crippen molar-refractivity contribution in [1.82, 2.24) is 4.90 Å². The number of halogens is 1. The van der Waals surface area contributed by atoms with Gasteiger partial charge in [0, 0.05) is 42.6 Å². The van der Waals surface area contributed by atoms with Crippen LogP contribution in [-0.2, 0) is 9.53 Å². The first kappa shape index (κ1) is 20.2. The van der Waals surface area contributed by atoms with Gasteiger partial charge in [-0.3, -0.25) is 4.79 Å². The molecule has 2 aromatic carbocycles. The van der Waals surface area contributed by atoms with Crippen molar-refractivity contribution < 1.29 is 14.3 Å². The van der Waals surface area contributed by atoms with Gasteiger partial charge in [-0.1, -0.05) is 18.5 Å². The molecule has 1 heterocycles. The van der Waals surface area contributed by atoms with Gasteiger partial charge in [0.1, 0.15) is 0 Å². The zero-order chi connectivity index (χ0) is 19.9. The quantitative estimate of drug-likeness (QED) is 0.752. The summed E-state index contributed by atoms with van der Waals surface area (Å²) in [6.07, 6.45) is 0. The van der Waals surface area contributed by atoms with Crippen LogP contribution in [0.25, 0.3) is 0 Å². The third-order valence-corrected chi connectivity index (χ3v) is 5.00. The van der Waals surface area contributed by atoms with Gasteiger partial charge in [-0.2, -0.15) is 0 Å². The highest BCUT2D eigenvalue weighted by Crippen LogP contribution is 2.19. The van der Waals surface area contributed by atoms with Crippen LogP contribution in [0.15, 0.2) is 48.5 Å². The number of amides is 1. The van der Waals surface area contributed by atoms with Crippen molar-refractivity contribution in [2.75, 3.05) is 49.5 Å². The van der Waals surface area contributed by atoms with Gasteiger partial charge >= 0.3 is 5.97 Å². The summed E-state index contributed by atoms with van der Waals surface area (Å²) in [5.74, 6) is -0.944. The molecular weight excluding hydrogens is 378 g/mol. The molecule has 1 fully saturated rings. The molecule has 2 aromatic rings. The lowest BCUT2D eigenvalue weighted by molar-refractivity contribution is -0.119. The Hall–Kier alpha value is -2.57. The first-order chi connectivity index (χ1) is 13.5. The van der Waals surface area contributed by atoms with Crippen LogP contribution in [-0.4, -0.2) is 56.1 Å². The summed E-state index contributed by atoms with van der Waals surface area (Å²) in [6.45, 7) is 7.05. The Kier molecular flexibility index (Phi) is 6.90. The highest BCUT2D eigenvalue weighted by atomic mass is 35.5. The number of nitrogens with zero attached hydrogens (tertiary/aromatic N) is 2. The summed E-state index contributed by atoms with van der Waals surface area (Å²) >= 11 is 5.79. The van der Waals surface area contributed by atoms with E-state index in [1.54, 1.807) is 24.3 Å². The van der Waals surface area contributed by atoms with Gasteiger partial charge in [0.05, 0.1) is 5.56 Å². The SMILES string of the molecule is CCN1CCN(c2ccc(NC(=O)COC(=O)c3ccc(Cl)cc3)cc2)CC1. The predicted molar refractivity (Wildman–Crippen MR) is 111 cm³/mol. The van der Waals surface area contributed by atoms with Crippen molar-refractivity contribution in [1.29, 1.82) is 0 Å². The van der Waals surface area contributed by atoms with E-state index in [0.717, 1.165) is 38.4 Å². The summed E-state index contributed by atoms with van der Waals surface area (Å²) in [5, 5.41) is 3.27. The molecule has 0 aromatic heterocycles. The summed E-state index contributed by atoms with van der Waals surface area (Å²) in [4.78, 5) is 28.7. The third kappa shape index (κ3) is 5.47. The largest absolute Gasteiger partial charge is 0.452 e. The Labute approximate surface area is 170 Å². The van der Waals surface area contributed by atoms with Crippen LogP contribution in [0.1, 0.15) is 17.3 Å². The molecule has 7 heteroatoms. The topological polar surface area (TPSA) is 61.9 Å². The second-order valence-electron chi connectivity index (χ2n) is 6.60. The minimum atomic E-state index is -0.562. The summed E-state index contributed by atoms with van der Waals surface area (Å²) < 4.78 is 5.03. The van der Waals surface area contributed by atoms with E-state index in [1.165, 1.54) is 0 Å². The third-order valence-electron chi connectivity index (χ3n) is 4.75. The minimum absolute atomic E-state index is 0.345. The van der Waals surface area contributed by atoms with Gasteiger partial charge < -0.3 is 19.9 Å². The smallest absolute Gasteiger partial charge is 0.338 e.